The summed E-state index contributed by atoms with van der Waals surface area (Å²) in [6.45, 7) is 3.70. The average molecular weight is 237 g/mol. The van der Waals surface area contributed by atoms with Gasteiger partial charge in [0.05, 0.1) is 32.0 Å². The average Bonchev–Trinajstić information content (AvgIpc) is 2.36. The predicted molar refractivity (Wildman–Crippen MR) is 60.0 cm³/mol. The molecule has 0 saturated heterocycles. The van der Waals surface area contributed by atoms with Gasteiger partial charge in [-0.1, -0.05) is 0 Å². The zero-order valence-electron chi connectivity index (χ0n) is 9.69. The molecule has 0 aromatic heterocycles. The molecule has 1 rings (SSSR count). The molecule has 0 aliphatic rings. The molecule has 91 valence electrons. The van der Waals surface area contributed by atoms with Gasteiger partial charge in [-0.25, -0.2) is 9.59 Å². The van der Waals surface area contributed by atoms with Crippen molar-refractivity contribution >= 4 is 11.9 Å². The first kappa shape index (κ1) is 13.0. The molecule has 0 unspecified atom stereocenters. The highest BCUT2D eigenvalue weighted by Crippen LogP contribution is 2.18. The molecule has 0 amide bonds. The lowest BCUT2D eigenvalue weighted by atomic mass is 10.1. The third kappa shape index (κ3) is 3.21. The Balaban J connectivity index is 3.18. The molecule has 0 aliphatic carbocycles. The van der Waals surface area contributed by atoms with Crippen LogP contribution in [0.4, 0.5) is 0 Å². The fourth-order valence-corrected chi connectivity index (χ4v) is 1.27. The molecule has 0 fully saturated rings. The van der Waals surface area contributed by atoms with E-state index in [9.17, 15) is 9.59 Å². The van der Waals surface area contributed by atoms with Crippen LogP contribution in [-0.2, 0) is 9.47 Å². The van der Waals surface area contributed by atoms with Gasteiger partial charge in [0.1, 0.15) is 5.75 Å². The highest BCUT2D eigenvalue weighted by Gasteiger charge is 2.14. The number of methoxy groups -OCH3 is 2. The van der Waals surface area contributed by atoms with E-state index in [1.165, 1.54) is 32.4 Å². The maximum Gasteiger partial charge on any atom is 0.338 e. The molecule has 0 bridgehead atoms. The number of benzene rings is 1. The normalized spacial score (nSPS) is 9.59. The van der Waals surface area contributed by atoms with Crippen molar-refractivity contribution < 1.29 is 23.8 Å². The second-order valence-electron chi connectivity index (χ2n) is 3.08. The standard InChI is InChI=1S/C12H13O5/c1-4-17-10-6-8(11(13)15-2)5-9(7-10)12(14)16-3/h5-7H,1,4H2,2-3H3. The Bertz CT molecular complexity index is 391. The van der Waals surface area contributed by atoms with Crippen molar-refractivity contribution in [1.82, 2.24) is 0 Å². The van der Waals surface area contributed by atoms with Crippen LogP contribution < -0.4 is 4.74 Å². The van der Waals surface area contributed by atoms with Crippen molar-refractivity contribution in [3.05, 3.63) is 36.2 Å². The van der Waals surface area contributed by atoms with Crippen LogP contribution in [0.2, 0.25) is 0 Å². The van der Waals surface area contributed by atoms with Gasteiger partial charge >= 0.3 is 11.9 Å². The van der Waals surface area contributed by atoms with Crippen molar-refractivity contribution in [1.29, 1.82) is 0 Å². The zero-order valence-corrected chi connectivity index (χ0v) is 9.69. The molecule has 1 radical (unpaired) electrons. The molecule has 0 atom stereocenters. The van der Waals surface area contributed by atoms with Crippen LogP contribution in [0.15, 0.2) is 18.2 Å². The van der Waals surface area contributed by atoms with Crippen LogP contribution in [-0.4, -0.2) is 32.8 Å². The molecule has 1 aromatic carbocycles. The van der Waals surface area contributed by atoms with Crippen LogP contribution >= 0.6 is 0 Å². The number of hydrogen-bond donors (Lipinski definition) is 0. The monoisotopic (exact) mass is 237 g/mol. The van der Waals surface area contributed by atoms with E-state index in [-0.39, 0.29) is 17.7 Å². The number of esters is 2. The lowest BCUT2D eigenvalue weighted by Gasteiger charge is -2.08. The molecular weight excluding hydrogens is 224 g/mol. The first-order valence-corrected chi connectivity index (χ1v) is 4.86. The summed E-state index contributed by atoms with van der Waals surface area (Å²) in [6.07, 6.45) is 0. The third-order valence-corrected chi connectivity index (χ3v) is 2.02. The minimum Gasteiger partial charge on any atom is -0.494 e. The molecule has 5 nitrogen and oxygen atoms in total. The van der Waals surface area contributed by atoms with Gasteiger partial charge in [0.15, 0.2) is 0 Å². The number of rotatable bonds is 4. The number of ether oxygens (including phenoxy) is 3. The molecule has 5 heteroatoms. The molecule has 0 aliphatic heterocycles. The van der Waals surface area contributed by atoms with Gasteiger partial charge in [-0.05, 0) is 25.1 Å². The van der Waals surface area contributed by atoms with Gasteiger partial charge in [0.2, 0.25) is 0 Å². The van der Waals surface area contributed by atoms with E-state index in [0.717, 1.165) is 0 Å². The fraction of sp³-hybridized carbons (Fsp3) is 0.250. The van der Waals surface area contributed by atoms with Crippen molar-refractivity contribution in [2.75, 3.05) is 20.8 Å². The first-order chi connectivity index (χ1) is 8.12. The van der Waals surface area contributed by atoms with Crippen LogP contribution in [0.1, 0.15) is 20.7 Å². The summed E-state index contributed by atoms with van der Waals surface area (Å²) in [6, 6.07) is 4.33. The van der Waals surface area contributed by atoms with E-state index in [2.05, 4.69) is 16.4 Å². The SMILES string of the molecule is [CH2]COc1cc(C(=O)OC)cc(C(=O)OC)c1. The van der Waals surface area contributed by atoms with E-state index >= 15 is 0 Å². The second-order valence-corrected chi connectivity index (χ2v) is 3.08. The summed E-state index contributed by atoms with van der Waals surface area (Å²) in [5.74, 6) is -0.738. The van der Waals surface area contributed by atoms with Gasteiger partial charge < -0.3 is 14.2 Å². The summed E-state index contributed by atoms with van der Waals surface area (Å²) in [4.78, 5) is 22.8. The summed E-state index contributed by atoms with van der Waals surface area (Å²) in [5.41, 5.74) is 0.442. The molecule has 0 N–H and O–H groups in total. The van der Waals surface area contributed by atoms with Gasteiger partial charge in [0, 0.05) is 0 Å². The quantitative estimate of drug-likeness (QED) is 0.742. The largest absolute Gasteiger partial charge is 0.494 e. The molecule has 0 heterocycles. The summed E-state index contributed by atoms with van der Waals surface area (Å²) in [5, 5.41) is 0. The van der Waals surface area contributed by atoms with Gasteiger partial charge in [-0.15, -0.1) is 0 Å². The maximum atomic E-state index is 11.4. The summed E-state index contributed by atoms with van der Waals surface area (Å²) >= 11 is 0. The third-order valence-electron chi connectivity index (χ3n) is 2.02. The lowest BCUT2D eigenvalue weighted by Crippen LogP contribution is -2.07. The fourth-order valence-electron chi connectivity index (χ4n) is 1.27. The molecule has 1 aromatic rings. The number of carbonyl (C=O) groups excluding carboxylic acids is 2. The van der Waals surface area contributed by atoms with Gasteiger partial charge in [0.25, 0.3) is 0 Å². The van der Waals surface area contributed by atoms with Gasteiger partial charge in [-0.2, -0.15) is 0 Å². The Morgan fingerprint density at radius 1 is 1.06 bits per heavy atom. The second kappa shape index (κ2) is 5.89. The summed E-state index contributed by atoms with van der Waals surface area (Å²) < 4.78 is 14.3. The van der Waals surface area contributed by atoms with Crippen molar-refractivity contribution in [3.8, 4) is 5.75 Å². The van der Waals surface area contributed by atoms with E-state index in [1.807, 2.05) is 0 Å². The van der Waals surface area contributed by atoms with E-state index in [4.69, 9.17) is 4.74 Å². The zero-order chi connectivity index (χ0) is 12.8. The van der Waals surface area contributed by atoms with Crippen molar-refractivity contribution in [3.63, 3.8) is 0 Å². The summed E-state index contributed by atoms with van der Waals surface area (Å²) in [7, 11) is 2.52. The first-order valence-electron chi connectivity index (χ1n) is 4.86. The van der Waals surface area contributed by atoms with Crippen molar-refractivity contribution in [2.45, 2.75) is 0 Å². The van der Waals surface area contributed by atoms with Crippen LogP contribution in [0.25, 0.3) is 0 Å². The minimum atomic E-state index is -0.551. The molecular formula is C12H13O5. The Labute approximate surface area is 99.3 Å². The molecule has 0 saturated carbocycles. The number of carbonyl (C=O) groups is 2. The van der Waals surface area contributed by atoms with Crippen molar-refractivity contribution in [2.24, 2.45) is 0 Å². The highest BCUT2D eigenvalue weighted by molar-refractivity contribution is 5.96. The van der Waals surface area contributed by atoms with E-state index < -0.39 is 11.9 Å². The van der Waals surface area contributed by atoms with Crippen LogP contribution in [0.3, 0.4) is 0 Å². The van der Waals surface area contributed by atoms with Crippen LogP contribution in [0.5, 0.6) is 5.75 Å². The molecule has 17 heavy (non-hydrogen) atoms. The Hall–Kier alpha value is -2.04. The lowest BCUT2D eigenvalue weighted by molar-refractivity contribution is 0.0598. The predicted octanol–water partition coefficient (Wildman–Crippen LogP) is 1.47. The van der Waals surface area contributed by atoms with E-state index in [1.54, 1.807) is 0 Å². The minimum absolute atomic E-state index is 0.186. The Kier molecular flexibility index (Phi) is 4.51. The smallest absolute Gasteiger partial charge is 0.338 e. The van der Waals surface area contributed by atoms with Crippen LogP contribution in [0, 0.1) is 6.92 Å². The van der Waals surface area contributed by atoms with Gasteiger partial charge in [-0.3, -0.25) is 0 Å². The topological polar surface area (TPSA) is 61.8 Å². The molecule has 0 spiro atoms. The number of hydrogen-bond acceptors (Lipinski definition) is 5. The Morgan fingerprint density at radius 3 is 1.88 bits per heavy atom. The van der Waals surface area contributed by atoms with E-state index in [0.29, 0.717) is 5.75 Å². The maximum absolute atomic E-state index is 11.4. The highest BCUT2D eigenvalue weighted by atomic mass is 16.5. The Morgan fingerprint density at radius 2 is 1.53 bits per heavy atom.